The van der Waals surface area contributed by atoms with Crippen molar-refractivity contribution in [1.29, 1.82) is 0 Å². The topological polar surface area (TPSA) is 37.4 Å². The first-order valence-corrected chi connectivity index (χ1v) is 9.39. The highest BCUT2D eigenvalue weighted by molar-refractivity contribution is 8.14. The van der Waals surface area contributed by atoms with Crippen molar-refractivity contribution in [2.45, 2.75) is 5.54 Å². The summed E-state index contributed by atoms with van der Waals surface area (Å²) in [6.45, 7) is 0. The second kappa shape index (κ2) is 6.81. The monoisotopic (exact) mass is 359 g/mol. The number of carbonyl (C=O) groups is 2. The normalized spacial score (nSPS) is 14.7. The fourth-order valence-electron chi connectivity index (χ4n) is 3.60. The zero-order valence-corrected chi connectivity index (χ0v) is 14.9. The lowest BCUT2D eigenvalue weighted by Crippen LogP contribution is -2.50. The van der Waals surface area contributed by atoms with Crippen molar-refractivity contribution in [1.82, 2.24) is 4.90 Å². The van der Waals surface area contributed by atoms with Crippen LogP contribution < -0.4 is 0 Å². The van der Waals surface area contributed by atoms with Gasteiger partial charge in [-0.2, -0.15) is 0 Å². The fraction of sp³-hybridized carbons (Fsp3) is 0.0909. The molecule has 3 nitrogen and oxygen atoms in total. The molecule has 0 N–H and O–H groups in total. The maximum atomic E-state index is 12.8. The highest BCUT2D eigenvalue weighted by Gasteiger charge is 2.50. The summed E-state index contributed by atoms with van der Waals surface area (Å²) >= 11 is 1.06. The molecule has 0 aliphatic carbocycles. The van der Waals surface area contributed by atoms with E-state index in [9.17, 15) is 9.59 Å². The van der Waals surface area contributed by atoms with E-state index in [4.69, 9.17) is 0 Å². The summed E-state index contributed by atoms with van der Waals surface area (Å²) < 4.78 is 0. The van der Waals surface area contributed by atoms with Crippen LogP contribution in [0.1, 0.15) is 16.7 Å². The number of nitrogens with zero attached hydrogens (tertiary/aromatic N) is 1. The molecule has 0 unspecified atom stereocenters. The van der Waals surface area contributed by atoms with Gasteiger partial charge in [0.15, 0.2) is 0 Å². The molecular formula is C22H17NO2S. The zero-order chi connectivity index (χ0) is 18.0. The summed E-state index contributed by atoms with van der Waals surface area (Å²) in [5, 5.41) is -0.216. The third-order valence-electron chi connectivity index (χ3n) is 4.66. The van der Waals surface area contributed by atoms with Gasteiger partial charge in [0.1, 0.15) is 5.54 Å². The quantitative estimate of drug-likeness (QED) is 0.635. The van der Waals surface area contributed by atoms with Crippen LogP contribution in [0.3, 0.4) is 0 Å². The summed E-state index contributed by atoms with van der Waals surface area (Å²) in [7, 11) is 0. The van der Waals surface area contributed by atoms with Gasteiger partial charge < -0.3 is 0 Å². The Kier molecular flexibility index (Phi) is 4.35. The predicted molar refractivity (Wildman–Crippen MR) is 104 cm³/mol. The molecule has 0 saturated carbocycles. The Bertz CT molecular complexity index is 813. The van der Waals surface area contributed by atoms with Crippen molar-refractivity contribution in [3.05, 3.63) is 108 Å². The number of imide groups is 1. The minimum Gasteiger partial charge on any atom is -0.273 e. The third-order valence-corrected chi connectivity index (χ3v) is 5.48. The molecule has 3 aromatic rings. The molecule has 3 aromatic carbocycles. The molecule has 1 aliphatic rings. The molecule has 0 bridgehead atoms. The van der Waals surface area contributed by atoms with E-state index in [2.05, 4.69) is 0 Å². The standard InChI is InChI=1S/C22H17NO2S/c24-20-16-26-21(25)23(20)22(17-10-4-1-5-11-17,18-12-6-2-7-13-18)19-14-8-3-9-15-19/h1-15H,16H2. The van der Waals surface area contributed by atoms with Crippen LogP contribution in [0.15, 0.2) is 91.0 Å². The van der Waals surface area contributed by atoms with E-state index >= 15 is 0 Å². The SMILES string of the molecule is O=C1CSC(=O)N1C(c1ccccc1)(c1ccccc1)c1ccccc1. The molecule has 1 fully saturated rings. The van der Waals surface area contributed by atoms with Crippen LogP contribution in [0.4, 0.5) is 4.79 Å². The Morgan fingerprint density at radius 2 is 1.04 bits per heavy atom. The van der Waals surface area contributed by atoms with Crippen molar-refractivity contribution in [2.24, 2.45) is 0 Å². The van der Waals surface area contributed by atoms with Gasteiger partial charge in [0, 0.05) is 0 Å². The van der Waals surface area contributed by atoms with Crippen LogP contribution in [0, 0.1) is 0 Å². The second-order valence-corrected chi connectivity index (χ2v) is 7.02. The lowest BCUT2D eigenvalue weighted by molar-refractivity contribution is -0.127. The second-order valence-electron chi connectivity index (χ2n) is 6.09. The Morgan fingerprint density at radius 1 is 0.654 bits per heavy atom. The molecule has 1 saturated heterocycles. The molecule has 0 radical (unpaired) electrons. The van der Waals surface area contributed by atoms with Crippen LogP contribution >= 0.6 is 11.8 Å². The van der Waals surface area contributed by atoms with Crippen molar-refractivity contribution < 1.29 is 9.59 Å². The van der Waals surface area contributed by atoms with Gasteiger partial charge >= 0.3 is 0 Å². The van der Waals surface area contributed by atoms with Crippen LogP contribution in [-0.4, -0.2) is 21.8 Å². The lowest BCUT2D eigenvalue weighted by Gasteiger charge is -2.41. The van der Waals surface area contributed by atoms with Crippen LogP contribution in [0.25, 0.3) is 0 Å². The van der Waals surface area contributed by atoms with Gasteiger partial charge in [-0.15, -0.1) is 0 Å². The molecule has 4 heteroatoms. The molecule has 4 rings (SSSR count). The molecule has 1 heterocycles. The first-order chi connectivity index (χ1) is 12.7. The molecule has 0 aromatic heterocycles. The van der Waals surface area contributed by atoms with Crippen LogP contribution in [0.2, 0.25) is 0 Å². The summed E-state index contributed by atoms with van der Waals surface area (Å²) in [5.74, 6) is 0.00384. The maximum absolute atomic E-state index is 12.8. The molecule has 26 heavy (non-hydrogen) atoms. The first-order valence-electron chi connectivity index (χ1n) is 8.41. The van der Waals surface area contributed by atoms with Crippen molar-refractivity contribution in [2.75, 3.05) is 5.75 Å². The van der Waals surface area contributed by atoms with E-state index in [1.54, 1.807) is 0 Å². The van der Waals surface area contributed by atoms with Gasteiger partial charge in [-0.1, -0.05) is 103 Å². The van der Waals surface area contributed by atoms with Gasteiger partial charge in [0.05, 0.1) is 5.75 Å². The van der Waals surface area contributed by atoms with Crippen LogP contribution in [-0.2, 0) is 10.3 Å². The maximum Gasteiger partial charge on any atom is 0.290 e. The van der Waals surface area contributed by atoms with E-state index in [0.717, 1.165) is 28.5 Å². The molecule has 1 aliphatic heterocycles. The first kappa shape index (κ1) is 16.6. The largest absolute Gasteiger partial charge is 0.290 e. The highest BCUT2D eigenvalue weighted by atomic mass is 32.2. The minimum absolute atomic E-state index is 0.170. The van der Waals surface area contributed by atoms with Gasteiger partial charge in [-0.25, -0.2) is 0 Å². The highest BCUT2D eigenvalue weighted by Crippen LogP contribution is 2.45. The van der Waals surface area contributed by atoms with Crippen molar-refractivity contribution in [3.63, 3.8) is 0 Å². The van der Waals surface area contributed by atoms with E-state index in [-0.39, 0.29) is 16.9 Å². The van der Waals surface area contributed by atoms with Gasteiger partial charge in [0.2, 0.25) is 5.91 Å². The van der Waals surface area contributed by atoms with E-state index in [0.29, 0.717) is 0 Å². The molecule has 0 spiro atoms. The zero-order valence-electron chi connectivity index (χ0n) is 14.0. The summed E-state index contributed by atoms with van der Waals surface area (Å²) in [6.07, 6.45) is 0. The molecular weight excluding hydrogens is 342 g/mol. The Labute approximate surface area is 156 Å². The Morgan fingerprint density at radius 3 is 1.35 bits per heavy atom. The van der Waals surface area contributed by atoms with Gasteiger partial charge in [-0.05, 0) is 16.7 Å². The lowest BCUT2D eigenvalue weighted by atomic mass is 9.75. The predicted octanol–water partition coefficient (Wildman–Crippen LogP) is 4.67. The molecule has 128 valence electrons. The number of hydrogen-bond acceptors (Lipinski definition) is 3. The number of hydrogen-bond donors (Lipinski definition) is 0. The number of thioether (sulfide) groups is 1. The van der Waals surface area contributed by atoms with Gasteiger partial charge in [-0.3, -0.25) is 14.5 Å². The van der Waals surface area contributed by atoms with Crippen molar-refractivity contribution >= 4 is 22.9 Å². The number of benzene rings is 3. The summed E-state index contributed by atoms with van der Waals surface area (Å²) in [5.41, 5.74) is 1.69. The average molecular weight is 359 g/mol. The Balaban J connectivity index is 2.11. The molecule has 0 atom stereocenters. The van der Waals surface area contributed by atoms with Crippen molar-refractivity contribution in [3.8, 4) is 0 Å². The number of amides is 2. The van der Waals surface area contributed by atoms with Crippen LogP contribution in [0.5, 0.6) is 0 Å². The Hall–Kier alpha value is -2.85. The number of rotatable bonds is 4. The van der Waals surface area contributed by atoms with Gasteiger partial charge in [0.25, 0.3) is 5.24 Å². The summed E-state index contributed by atoms with van der Waals surface area (Å²) in [6, 6.07) is 29.3. The van der Waals surface area contributed by atoms with E-state index in [1.807, 2.05) is 91.0 Å². The smallest absolute Gasteiger partial charge is 0.273 e. The third kappa shape index (κ3) is 2.54. The number of carbonyl (C=O) groups excluding carboxylic acids is 2. The van der Waals surface area contributed by atoms with E-state index < -0.39 is 5.54 Å². The average Bonchev–Trinajstić information content (AvgIpc) is 3.04. The van der Waals surface area contributed by atoms with E-state index in [1.165, 1.54) is 4.90 Å². The molecule has 2 amide bonds. The summed E-state index contributed by atoms with van der Waals surface area (Å²) in [4.78, 5) is 27.1. The minimum atomic E-state index is -0.985. The fourth-order valence-corrected chi connectivity index (χ4v) is 4.35.